The fourth-order valence-corrected chi connectivity index (χ4v) is 14.4. The smallest absolute Gasteiger partial charge is 0.252 e. The Kier molecular flexibility index (Phi) is 7.47. The van der Waals surface area contributed by atoms with Crippen LogP contribution in [0.25, 0.3) is 27.5 Å². The second-order valence-electron chi connectivity index (χ2n) is 24.9. The molecule has 0 N–H and O–H groups in total. The van der Waals surface area contributed by atoms with Gasteiger partial charge in [-0.2, -0.15) is 0 Å². The van der Waals surface area contributed by atoms with E-state index >= 15 is 0 Å². The first-order valence-corrected chi connectivity index (χ1v) is 24.3. The fraction of sp³-hybridized carbons (Fsp3) is 0.483. The Morgan fingerprint density at radius 2 is 1.08 bits per heavy atom. The van der Waals surface area contributed by atoms with E-state index in [0.29, 0.717) is 0 Å². The summed E-state index contributed by atoms with van der Waals surface area (Å²) in [4.78, 5) is 5.81. The van der Waals surface area contributed by atoms with Crippen molar-refractivity contribution in [3.63, 3.8) is 0 Å². The third-order valence-corrected chi connectivity index (χ3v) is 18.5. The summed E-state index contributed by atoms with van der Waals surface area (Å²) in [7, 11) is 0. The lowest BCUT2D eigenvalue weighted by molar-refractivity contribution is 0.194. The second-order valence-corrected chi connectivity index (χ2v) is 24.9. The molecule has 0 bridgehead atoms. The molecule has 62 heavy (non-hydrogen) atoms. The molecule has 4 atom stereocenters. The van der Waals surface area contributed by atoms with Crippen LogP contribution in [-0.4, -0.2) is 22.4 Å². The molecule has 3 nitrogen and oxygen atoms in total. The van der Waals surface area contributed by atoms with Gasteiger partial charge in [0.25, 0.3) is 6.71 Å². The van der Waals surface area contributed by atoms with Crippen LogP contribution < -0.4 is 26.2 Å². The molecular formula is C58H68BN3. The Labute approximate surface area is 372 Å². The average molecular weight is 818 g/mol. The van der Waals surface area contributed by atoms with Crippen LogP contribution in [0.4, 0.5) is 22.7 Å². The number of hydrogen-bond donors (Lipinski definition) is 0. The van der Waals surface area contributed by atoms with Gasteiger partial charge in [0.15, 0.2) is 0 Å². The number of hydrogen-bond acceptors (Lipinski definition) is 2. The van der Waals surface area contributed by atoms with Crippen LogP contribution in [0.5, 0.6) is 0 Å². The van der Waals surface area contributed by atoms with E-state index in [9.17, 15) is 0 Å². The summed E-state index contributed by atoms with van der Waals surface area (Å²) in [5, 5.41) is 2.79. The molecule has 0 radical (unpaired) electrons. The van der Waals surface area contributed by atoms with Crippen molar-refractivity contribution in [2.45, 2.75) is 180 Å². The predicted molar refractivity (Wildman–Crippen MR) is 267 cm³/mol. The predicted octanol–water partition coefficient (Wildman–Crippen LogP) is 13.3. The maximum Gasteiger partial charge on any atom is 0.252 e. The monoisotopic (exact) mass is 818 g/mol. The van der Waals surface area contributed by atoms with Crippen LogP contribution in [0.15, 0.2) is 78.9 Å². The first-order chi connectivity index (χ1) is 29.1. The van der Waals surface area contributed by atoms with Crippen molar-refractivity contribution in [2.24, 2.45) is 0 Å². The Bertz CT molecular complexity index is 2960. The van der Waals surface area contributed by atoms with Gasteiger partial charge >= 0.3 is 0 Å². The van der Waals surface area contributed by atoms with Crippen LogP contribution in [0, 0.1) is 0 Å². The summed E-state index contributed by atoms with van der Waals surface area (Å²) in [6, 6.07) is 33.1. The quantitative estimate of drug-likeness (QED) is 0.153. The van der Waals surface area contributed by atoms with Crippen LogP contribution in [0.2, 0.25) is 0 Å². The lowest BCUT2D eigenvalue weighted by Gasteiger charge is -2.53. The molecule has 0 saturated heterocycles. The molecule has 4 unspecified atom stereocenters. The van der Waals surface area contributed by atoms with Gasteiger partial charge in [-0.15, -0.1) is 0 Å². The first kappa shape index (κ1) is 39.2. The number of fused-ring (bicyclic) bond motifs is 13. The zero-order valence-corrected chi connectivity index (χ0v) is 40.1. The van der Waals surface area contributed by atoms with Crippen LogP contribution in [0.3, 0.4) is 0 Å². The van der Waals surface area contributed by atoms with E-state index in [2.05, 4.69) is 183 Å². The van der Waals surface area contributed by atoms with E-state index in [4.69, 9.17) is 0 Å². The maximum absolute atomic E-state index is 2.94. The molecule has 2 fully saturated rings. The summed E-state index contributed by atoms with van der Waals surface area (Å²) >= 11 is 0. The minimum Gasteiger partial charge on any atom is -0.335 e. The molecule has 6 aliphatic rings. The molecule has 1 aromatic heterocycles. The summed E-state index contributed by atoms with van der Waals surface area (Å²) in [6.07, 6.45) is 9.99. The van der Waals surface area contributed by atoms with Crippen molar-refractivity contribution in [3.8, 4) is 5.69 Å². The van der Waals surface area contributed by atoms with E-state index in [0.717, 1.165) is 0 Å². The molecule has 12 rings (SSSR count). The number of benzene rings is 5. The second kappa shape index (κ2) is 11.8. The van der Waals surface area contributed by atoms with Gasteiger partial charge in [0.2, 0.25) is 0 Å². The first-order valence-electron chi connectivity index (χ1n) is 24.3. The van der Waals surface area contributed by atoms with Gasteiger partial charge in [-0.05, 0) is 136 Å². The lowest BCUT2D eigenvalue weighted by atomic mass is 9.33. The van der Waals surface area contributed by atoms with E-state index in [1.807, 2.05) is 0 Å². The summed E-state index contributed by atoms with van der Waals surface area (Å²) < 4.78 is 2.74. The molecule has 318 valence electrons. The molecule has 5 heterocycles. The topological polar surface area (TPSA) is 11.4 Å². The van der Waals surface area contributed by atoms with Crippen LogP contribution in [0.1, 0.15) is 169 Å². The normalized spacial score (nSPS) is 27.1. The van der Waals surface area contributed by atoms with E-state index in [-0.39, 0.29) is 44.9 Å². The van der Waals surface area contributed by atoms with Crippen molar-refractivity contribution < 1.29 is 0 Å². The van der Waals surface area contributed by atoms with Gasteiger partial charge in [0.05, 0.1) is 16.6 Å². The minimum atomic E-state index is -0.0552. The van der Waals surface area contributed by atoms with Gasteiger partial charge in [-0.1, -0.05) is 144 Å². The van der Waals surface area contributed by atoms with Gasteiger partial charge in [0, 0.05) is 55.6 Å². The lowest BCUT2D eigenvalue weighted by Crippen LogP contribution is -2.64. The van der Waals surface area contributed by atoms with Gasteiger partial charge in [0.1, 0.15) is 0 Å². The van der Waals surface area contributed by atoms with Gasteiger partial charge in [-0.25, -0.2) is 0 Å². The van der Waals surface area contributed by atoms with Crippen molar-refractivity contribution in [1.82, 2.24) is 4.57 Å². The van der Waals surface area contributed by atoms with E-state index in [1.54, 1.807) is 11.1 Å². The van der Waals surface area contributed by atoms with Crippen molar-refractivity contribution in [1.29, 1.82) is 0 Å². The molecule has 4 aliphatic heterocycles. The minimum absolute atomic E-state index is 0.00103. The third-order valence-electron chi connectivity index (χ3n) is 18.5. The van der Waals surface area contributed by atoms with E-state index < -0.39 is 0 Å². The number of aromatic nitrogens is 1. The SMILES string of the molecule is CC(C)(C)c1ccc2c(c1)C1(C)CCCCC1(C)N2c1cc2c3c(c1)-n1c4ccc(C(C)(C)C)cc4c4cc(C(C)(C)C)cc(c41)B3c1cccc3c1N2C1(C)CCCCC31C. The molecule has 6 aromatic rings. The largest absolute Gasteiger partial charge is 0.335 e. The summed E-state index contributed by atoms with van der Waals surface area (Å²) in [6.45, 7) is 32.1. The average Bonchev–Trinajstić information content (AvgIpc) is 3.73. The van der Waals surface area contributed by atoms with Crippen molar-refractivity contribution in [3.05, 3.63) is 107 Å². The molecular weight excluding hydrogens is 749 g/mol. The Morgan fingerprint density at radius 1 is 0.500 bits per heavy atom. The van der Waals surface area contributed by atoms with Crippen molar-refractivity contribution in [2.75, 3.05) is 9.80 Å². The number of nitrogens with zero attached hydrogens (tertiary/aromatic N) is 3. The maximum atomic E-state index is 2.94. The Morgan fingerprint density at radius 3 is 1.76 bits per heavy atom. The zero-order chi connectivity index (χ0) is 43.5. The highest BCUT2D eigenvalue weighted by Crippen LogP contribution is 2.64. The number of rotatable bonds is 1. The van der Waals surface area contributed by atoms with Crippen molar-refractivity contribution >= 4 is 67.7 Å². The zero-order valence-electron chi connectivity index (χ0n) is 40.1. The molecule has 5 aromatic carbocycles. The van der Waals surface area contributed by atoms with Gasteiger partial charge < -0.3 is 14.4 Å². The van der Waals surface area contributed by atoms with Crippen LogP contribution in [-0.2, 0) is 27.1 Å². The number of anilines is 4. The standard InChI is InChI=1S/C58H68BN3/c1-52(2,3)35-21-23-45-39(29-35)40-30-37(54(7,8)9)32-44-50(40)60(45)47-33-38(61-46-24-22-36(53(4,5)6)31-42(46)56(11)26-15-16-27-57(56,61)12)34-48-49(47)59(44)43-20-18-19-41-51(43)62(48)58(13)28-17-14-25-55(41,58)10/h18-24,29-34H,14-17,25-28H2,1-13H3. The molecule has 0 amide bonds. The summed E-state index contributed by atoms with van der Waals surface area (Å²) in [5.41, 5.74) is 21.9. The molecule has 2 saturated carbocycles. The highest BCUT2D eigenvalue weighted by molar-refractivity contribution is 7.00. The Balaban J connectivity index is 1.24. The molecule has 2 aliphatic carbocycles. The third kappa shape index (κ3) is 4.60. The highest BCUT2D eigenvalue weighted by Gasteiger charge is 2.62. The van der Waals surface area contributed by atoms with Gasteiger partial charge in [-0.3, -0.25) is 0 Å². The molecule has 4 heteroatoms. The fourth-order valence-electron chi connectivity index (χ4n) is 14.4. The molecule has 0 spiro atoms. The van der Waals surface area contributed by atoms with E-state index in [1.165, 1.54) is 135 Å². The summed E-state index contributed by atoms with van der Waals surface area (Å²) in [5.74, 6) is 0. The number of para-hydroxylation sites is 1. The Hall–Kier alpha value is -4.44. The van der Waals surface area contributed by atoms with Crippen LogP contribution >= 0.6 is 0 Å². The highest BCUT2D eigenvalue weighted by atomic mass is 15.3.